The lowest BCUT2D eigenvalue weighted by atomic mass is 9.53. The van der Waals surface area contributed by atoms with E-state index in [9.17, 15) is 9.59 Å². The van der Waals surface area contributed by atoms with Crippen molar-refractivity contribution in [3.8, 4) is 0 Å². The fraction of sp³-hybridized carbons (Fsp3) is 0.538. The maximum absolute atomic E-state index is 13.5. The smallest absolute Gasteiger partial charge is 0.238 e. The van der Waals surface area contributed by atoms with Gasteiger partial charge in [-0.1, -0.05) is 35.4 Å². The second-order valence-corrected chi connectivity index (χ2v) is 10.6. The molecule has 1 saturated heterocycles. The summed E-state index contributed by atoms with van der Waals surface area (Å²) in [5.74, 6) is 3.42. The van der Waals surface area contributed by atoms with E-state index < -0.39 is 0 Å². The first-order valence-electron chi connectivity index (χ1n) is 11.5. The Balaban J connectivity index is 1.29. The standard InChI is InChI=1S/C26H27NO2/c1-13-3-2-4-18(7-13)27-25(28)23-19-5-6-20(24(23)26(27)29)22(19)21-16-9-14-8-15(11-16)12-17(21)10-14/h2-7,14-17,19-20,23-24H,8-12H2,1H3/t14?,15?,16?,17?,19-,20-,23-,24+/m1/s1. The number of imide groups is 1. The molecule has 0 aromatic heterocycles. The zero-order valence-corrected chi connectivity index (χ0v) is 16.9. The van der Waals surface area contributed by atoms with Crippen molar-refractivity contribution in [3.63, 3.8) is 0 Å². The minimum Gasteiger partial charge on any atom is -0.274 e. The molecule has 2 amide bonds. The van der Waals surface area contributed by atoms with Crippen molar-refractivity contribution in [2.75, 3.05) is 4.90 Å². The Bertz CT molecular complexity index is 953. The average Bonchev–Trinajstić information content (AvgIpc) is 3.31. The molecule has 1 heterocycles. The van der Waals surface area contributed by atoms with Crippen LogP contribution in [-0.4, -0.2) is 11.8 Å². The molecule has 1 aromatic carbocycles. The maximum atomic E-state index is 13.5. The van der Waals surface area contributed by atoms with E-state index in [4.69, 9.17) is 0 Å². The summed E-state index contributed by atoms with van der Waals surface area (Å²) in [6.45, 7) is 2.01. The molecule has 6 bridgehead atoms. The van der Waals surface area contributed by atoms with Crippen LogP contribution in [0.5, 0.6) is 0 Å². The third-order valence-corrected chi connectivity index (χ3v) is 9.03. The number of hydrogen-bond acceptors (Lipinski definition) is 2. The van der Waals surface area contributed by atoms with Crippen molar-refractivity contribution >= 4 is 17.5 Å². The summed E-state index contributed by atoms with van der Waals surface area (Å²) in [4.78, 5) is 28.5. The summed E-state index contributed by atoms with van der Waals surface area (Å²) in [6, 6.07) is 7.81. The number of anilines is 1. The molecule has 5 saturated carbocycles. The zero-order valence-electron chi connectivity index (χ0n) is 16.9. The van der Waals surface area contributed by atoms with Gasteiger partial charge >= 0.3 is 0 Å². The fourth-order valence-corrected chi connectivity index (χ4v) is 8.33. The van der Waals surface area contributed by atoms with E-state index in [-0.39, 0.29) is 35.5 Å². The third kappa shape index (κ3) is 2.04. The van der Waals surface area contributed by atoms with Gasteiger partial charge < -0.3 is 0 Å². The maximum Gasteiger partial charge on any atom is 0.238 e. The molecule has 29 heavy (non-hydrogen) atoms. The Morgan fingerprint density at radius 1 is 0.793 bits per heavy atom. The predicted octanol–water partition coefficient (Wildman–Crippen LogP) is 4.67. The van der Waals surface area contributed by atoms with E-state index >= 15 is 0 Å². The largest absolute Gasteiger partial charge is 0.274 e. The second kappa shape index (κ2) is 5.50. The van der Waals surface area contributed by atoms with Crippen LogP contribution >= 0.6 is 0 Å². The molecule has 7 aliphatic rings. The Morgan fingerprint density at radius 3 is 1.93 bits per heavy atom. The lowest BCUT2D eigenvalue weighted by Crippen LogP contribution is -2.41. The first-order chi connectivity index (χ1) is 14.1. The van der Waals surface area contributed by atoms with Crippen LogP contribution in [0.1, 0.15) is 37.7 Å². The van der Waals surface area contributed by atoms with Crippen molar-refractivity contribution < 1.29 is 9.59 Å². The molecule has 3 heteroatoms. The van der Waals surface area contributed by atoms with E-state index in [0.717, 1.165) is 34.9 Å². The third-order valence-electron chi connectivity index (χ3n) is 9.03. The number of carbonyl (C=O) groups is 2. The van der Waals surface area contributed by atoms with Gasteiger partial charge in [0.05, 0.1) is 17.5 Å². The van der Waals surface area contributed by atoms with Crippen LogP contribution in [0.3, 0.4) is 0 Å². The minimum absolute atomic E-state index is 0.0318. The number of aryl methyl sites for hydroxylation is 1. The van der Waals surface area contributed by atoms with Crippen LogP contribution < -0.4 is 4.90 Å². The number of nitrogens with zero attached hydrogens (tertiary/aromatic N) is 1. The molecule has 6 aliphatic carbocycles. The highest BCUT2D eigenvalue weighted by Crippen LogP contribution is 2.63. The highest BCUT2D eigenvalue weighted by molar-refractivity contribution is 6.23. The second-order valence-electron chi connectivity index (χ2n) is 10.6. The highest BCUT2D eigenvalue weighted by atomic mass is 16.2. The van der Waals surface area contributed by atoms with Crippen molar-refractivity contribution in [3.05, 3.63) is 53.1 Å². The Labute approximate surface area is 171 Å². The number of allylic oxidation sites excluding steroid dienone is 4. The van der Waals surface area contributed by atoms with Crippen LogP contribution in [0.15, 0.2) is 47.6 Å². The summed E-state index contributed by atoms with van der Waals surface area (Å²) >= 11 is 0. The number of benzene rings is 1. The normalized spacial score (nSPS) is 43.8. The molecular weight excluding hydrogens is 358 g/mol. The number of amides is 2. The first kappa shape index (κ1) is 16.6. The highest BCUT2D eigenvalue weighted by Gasteiger charge is 2.63. The van der Waals surface area contributed by atoms with Crippen LogP contribution in [0, 0.1) is 54.3 Å². The molecule has 8 rings (SSSR count). The van der Waals surface area contributed by atoms with E-state index in [0.29, 0.717) is 0 Å². The van der Waals surface area contributed by atoms with E-state index in [1.54, 1.807) is 5.57 Å². The monoisotopic (exact) mass is 385 g/mol. The summed E-state index contributed by atoms with van der Waals surface area (Å²) < 4.78 is 0. The molecule has 0 radical (unpaired) electrons. The lowest BCUT2D eigenvalue weighted by Gasteiger charge is -2.52. The van der Waals surface area contributed by atoms with Gasteiger partial charge in [-0.2, -0.15) is 0 Å². The van der Waals surface area contributed by atoms with Gasteiger partial charge in [0.15, 0.2) is 0 Å². The number of hydrogen-bond donors (Lipinski definition) is 0. The molecule has 0 spiro atoms. The molecule has 1 aliphatic heterocycles. The van der Waals surface area contributed by atoms with Gasteiger partial charge in [0.2, 0.25) is 11.8 Å². The van der Waals surface area contributed by atoms with Gasteiger partial charge in [0.25, 0.3) is 0 Å². The fourth-order valence-electron chi connectivity index (χ4n) is 8.33. The number of carbonyl (C=O) groups excluding carboxylic acids is 2. The summed E-state index contributed by atoms with van der Waals surface area (Å²) in [7, 11) is 0. The molecule has 1 aromatic rings. The summed E-state index contributed by atoms with van der Waals surface area (Å²) in [6.07, 6.45) is 11.4. The van der Waals surface area contributed by atoms with Gasteiger partial charge in [-0.25, -0.2) is 4.90 Å². The van der Waals surface area contributed by atoms with Crippen LogP contribution in [0.25, 0.3) is 0 Å². The van der Waals surface area contributed by atoms with Crippen LogP contribution in [-0.2, 0) is 9.59 Å². The molecule has 0 unspecified atom stereocenters. The molecule has 4 atom stereocenters. The minimum atomic E-state index is -0.169. The first-order valence-corrected chi connectivity index (χ1v) is 11.5. The van der Waals surface area contributed by atoms with E-state index in [1.807, 2.05) is 31.2 Å². The molecular formula is C26H27NO2. The van der Waals surface area contributed by atoms with Gasteiger partial charge in [-0.3, -0.25) is 9.59 Å². The molecule has 0 N–H and O–H groups in total. The number of rotatable bonds is 1. The predicted molar refractivity (Wildman–Crippen MR) is 111 cm³/mol. The van der Waals surface area contributed by atoms with Crippen molar-refractivity contribution in [2.45, 2.75) is 39.0 Å². The number of fused-ring (bicyclic) bond motifs is 5. The zero-order chi connectivity index (χ0) is 19.4. The molecule has 148 valence electrons. The van der Waals surface area contributed by atoms with Crippen molar-refractivity contribution in [1.82, 2.24) is 0 Å². The van der Waals surface area contributed by atoms with E-state index in [2.05, 4.69) is 12.2 Å². The summed E-state index contributed by atoms with van der Waals surface area (Å²) in [5, 5.41) is 0. The van der Waals surface area contributed by atoms with Gasteiger partial charge in [0.1, 0.15) is 0 Å². The van der Waals surface area contributed by atoms with E-state index in [1.165, 1.54) is 42.6 Å². The summed E-state index contributed by atoms with van der Waals surface area (Å²) in [5.41, 5.74) is 5.05. The average molecular weight is 386 g/mol. The van der Waals surface area contributed by atoms with Gasteiger partial charge in [-0.05, 0) is 80.4 Å². The van der Waals surface area contributed by atoms with Gasteiger partial charge in [-0.15, -0.1) is 0 Å². The Hall–Kier alpha value is -2.16. The van der Waals surface area contributed by atoms with Crippen molar-refractivity contribution in [1.29, 1.82) is 0 Å². The SMILES string of the molecule is Cc1cccc(N2C(=O)[C@@H]3[C@H](C2=O)[C@@H]2C=C[C@@H]3C2=C2C3CC4CC(C3)CC2C4)c1. The lowest BCUT2D eigenvalue weighted by molar-refractivity contribution is -0.122. The molecule has 3 nitrogen and oxygen atoms in total. The quantitative estimate of drug-likeness (QED) is 0.520. The van der Waals surface area contributed by atoms with Gasteiger partial charge in [0, 0.05) is 11.8 Å². The molecule has 6 fully saturated rings. The Morgan fingerprint density at radius 2 is 1.38 bits per heavy atom. The van der Waals surface area contributed by atoms with Crippen LogP contribution in [0.4, 0.5) is 5.69 Å². The van der Waals surface area contributed by atoms with Crippen LogP contribution in [0.2, 0.25) is 0 Å². The topological polar surface area (TPSA) is 37.4 Å². The van der Waals surface area contributed by atoms with Crippen molar-refractivity contribution in [2.24, 2.45) is 47.3 Å². The Kier molecular flexibility index (Phi) is 3.15.